The van der Waals surface area contributed by atoms with E-state index >= 15 is 0 Å². The van der Waals surface area contributed by atoms with Gasteiger partial charge in [0.15, 0.2) is 5.96 Å². The molecular formula is C9H19N3. The molecule has 1 heterocycles. The van der Waals surface area contributed by atoms with Gasteiger partial charge in [0.1, 0.15) is 0 Å². The summed E-state index contributed by atoms with van der Waals surface area (Å²) >= 11 is 0. The van der Waals surface area contributed by atoms with Crippen LogP contribution >= 0.6 is 0 Å². The summed E-state index contributed by atoms with van der Waals surface area (Å²) in [6, 6.07) is 0. The number of rotatable bonds is 0. The van der Waals surface area contributed by atoms with E-state index in [1.807, 2.05) is 14.1 Å². The van der Waals surface area contributed by atoms with E-state index in [1.54, 1.807) is 0 Å². The molecule has 70 valence electrons. The highest BCUT2D eigenvalue weighted by molar-refractivity contribution is 5.79. The average molecular weight is 169 g/mol. The third-order valence-electron chi connectivity index (χ3n) is 2.52. The molecule has 0 aromatic rings. The molecule has 0 bridgehead atoms. The van der Waals surface area contributed by atoms with Crippen LogP contribution in [0.3, 0.4) is 0 Å². The van der Waals surface area contributed by atoms with Crippen LogP contribution in [-0.4, -0.2) is 38.0 Å². The van der Waals surface area contributed by atoms with E-state index in [-0.39, 0.29) is 0 Å². The minimum atomic E-state index is 0.885. The molecular weight excluding hydrogens is 150 g/mol. The summed E-state index contributed by atoms with van der Waals surface area (Å²) in [6.45, 7) is 4.61. The van der Waals surface area contributed by atoms with Crippen LogP contribution < -0.4 is 5.32 Å². The van der Waals surface area contributed by atoms with Crippen molar-refractivity contribution in [3.8, 4) is 0 Å². The van der Waals surface area contributed by atoms with Gasteiger partial charge in [-0.3, -0.25) is 4.99 Å². The summed E-state index contributed by atoms with van der Waals surface area (Å²) in [5.74, 6) is 1.91. The van der Waals surface area contributed by atoms with E-state index in [2.05, 4.69) is 22.1 Å². The highest BCUT2D eigenvalue weighted by Crippen LogP contribution is 2.15. The molecule has 1 aliphatic rings. The van der Waals surface area contributed by atoms with Crippen molar-refractivity contribution in [1.82, 2.24) is 10.2 Å². The third-order valence-corrected chi connectivity index (χ3v) is 2.52. The number of nitrogens with zero attached hydrogens (tertiary/aromatic N) is 2. The third kappa shape index (κ3) is 2.13. The molecule has 0 saturated carbocycles. The number of hydrogen-bond donors (Lipinski definition) is 1. The molecule has 1 N–H and O–H groups in total. The zero-order chi connectivity index (χ0) is 8.97. The molecule has 1 rings (SSSR count). The monoisotopic (exact) mass is 169 g/mol. The Morgan fingerprint density at radius 1 is 1.42 bits per heavy atom. The number of aliphatic imine (C=N–C) groups is 1. The first-order chi connectivity index (χ1) is 5.77. The van der Waals surface area contributed by atoms with Crippen molar-refractivity contribution in [2.75, 3.05) is 27.2 Å². The van der Waals surface area contributed by atoms with E-state index in [9.17, 15) is 0 Å². The predicted molar refractivity (Wildman–Crippen MR) is 52.4 cm³/mol. The van der Waals surface area contributed by atoms with E-state index in [4.69, 9.17) is 0 Å². The Kier molecular flexibility index (Phi) is 3.38. The Morgan fingerprint density at radius 3 is 2.42 bits per heavy atom. The van der Waals surface area contributed by atoms with Crippen molar-refractivity contribution < 1.29 is 0 Å². The molecule has 0 aliphatic carbocycles. The maximum Gasteiger partial charge on any atom is 0.193 e. The number of likely N-dealkylation sites (tertiary alicyclic amines) is 1. The van der Waals surface area contributed by atoms with Crippen LogP contribution in [0.5, 0.6) is 0 Å². The molecule has 1 fully saturated rings. The summed E-state index contributed by atoms with van der Waals surface area (Å²) in [7, 11) is 3.77. The summed E-state index contributed by atoms with van der Waals surface area (Å²) in [6.07, 6.45) is 2.58. The van der Waals surface area contributed by atoms with E-state index < -0.39 is 0 Å². The van der Waals surface area contributed by atoms with Gasteiger partial charge in [-0.15, -0.1) is 0 Å². The van der Waals surface area contributed by atoms with Gasteiger partial charge in [-0.25, -0.2) is 0 Å². The molecule has 3 nitrogen and oxygen atoms in total. The lowest BCUT2D eigenvalue weighted by Gasteiger charge is -2.32. The minimum Gasteiger partial charge on any atom is -0.359 e. The fraction of sp³-hybridized carbons (Fsp3) is 0.889. The van der Waals surface area contributed by atoms with Crippen molar-refractivity contribution in [3.63, 3.8) is 0 Å². The van der Waals surface area contributed by atoms with Crippen molar-refractivity contribution in [2.24, 2.45) is 10.9 Å². The lowest BCUT2D eigenvalue weighted by atomic mass is 10.00. The first-order valence-electron chi connectivity index (χ1n) is 4.67. The summed E-state index contributed by atoms with van der Waals surface area (Å²) in [5, 5.41) is 3.11. The molecule has 0 aromatic carbocycles. The molecule has 0 unspecified atom stereocenters. The van der Waals surface area contributed by atoms with Gasteiger partial charge in [0.25, 0.3) is 0 Å². The number of hydrogen-bond acceptors (Lipinski definition) is 1. The zero-order valence-corrected chi connectivity index (χ0v) is 8.30. The van der Waals surface area contributed by atoms with E-state index in [0.29, 0.717) is 0 Å². The Labute approximate surface area is 74.9 Å². The Bertz CT molecular complexity index is 157. The largest absolute Gasteiger partial charge is 0.359 e. The van der Waals surface area contributed by atoms with Crippen LogP contribution in [0.4, 0.5) is 0 Å². The highest BCUT2D eigenvalue weighted by Gasteiger charge is 2.17. The van der Waals surface area contributed by atoms with Crippen molar-refractivity contribution in [1.29, 1.82) is 0 Å². The lowest BCUT2D eigenvalue weighted by molar-refractivity contribution is 0.275. The predicted octanol–water partition coefficient (Wildman–Crippen LogP) is 0.923. The van der Waals surface area contributed by atoms with Crippen LogP contribution in [-0.2, 0) is 0 Å². The van der Waals surface area contributed by atoms with E-state index in [1.165, 1.54) is 12.8 Å². The minimum absolute atomic E-state index is 0.885. The smallest absolute Gasteiger partial charge is 0.193 e. The molecule has 12 heavy (non-hydrogen) atoms. The Balaban J connectivity index is 2.43. The maximum atomic E-state index is 4.19. The van der Waals surface area contributed by atoms with Gasteiger partial charge in [-0.05, 0) is 18.8 Å². The van der Waals surface area contributed by atoms with Gasteiger partial charge in [0.05, 0.1) is 0 Å². The van der Waals surface area contributed by atoms with Crippen molar-refractivity contribution in [2.45, 2.75) is 19.8 Å². The molecule has 0 amide bonds. The van der Waals surface area contributed by atoms with Crippen LogP contribution in [0.1, 0.15) is 19.8 Å². The van der Waals surface area contributed by atoms with Gasteiger partial charge >= 0.3 is 0 Å². The SMILES string of the molecule is CN=C(NC)N1CCC(C)CC1. The van der Waals surface area contributed by atoms with Gasteiger partial charge in [0.2, 0.25) is 0 Å². The number of piperidine rings is 1. The standard InChI is InChI=1S/C9H19N3/c1-8-4-6-12(7-5-8)9(10-2)11-3/h8H,4-7H2,1-3H3,(H,10,11). The van der Waals surface area contributed by atoms with Crippen molar-refractivity contribution >= 4 is 5.96 Å². The maximum absolute atomic E-state index is 4.19. The second-order valence-electron chi connectivity index (χ2n) is 3.47. The van der Waals surface area contributed by atoms with Crippen LogP contribution in [0.25, 0.3) is 0 Å². The highest BCUT2D eigenvalue weighted by atomic mass is 15.3. The summed E-state index contributed by atoms with van der Waals surface area (Å²) in [5.41, 5.74) is 0. The zero-order valence-electron chi connectivity index (χ0n) is 8.30. The van der Waals surface area contributed by atoms with Crippen LogP contribution in [0, 0.1) is 5.92 Å². The van der Waals surface area contributed by atoms with Gasteiger partial charge < -0.3 is 10.2 Å². The van der Waals surface area contributed by atoms with Gasteiger partial charge in [-0.1, -0.05) is 6.92 Å². The van der Waals surface area contributed by atoms with E-state index in [0.717, 1.165) is 25.0 Å². The lowest BCUT2D eigenvalue weighted by Crippen LogP contribution is -2.43. The molecule has 0 radical (unpaired) electrons. The molecule has 0 aromatic heterocycles. The number of nitrogens with one attached hydrogen (secondary N) is 1. The number of guanidine groups is 1. The average Bonchev–Trinajstić information content (AvgIpc) is 2.10. The second-order valence-corrected chi connectivity index (χ2v) is 3.47. The summed E-state index contributed by atoms with van der Waals surface area (Å²) in [4.78, 5) is 6.51. The molecule has 1 aliphatic heterocycles. The fourth-order valence-corrected chi connectivity index (χ4v) is 1.63. The van der Waals surface area contributed by atoms with Gasteiger partial charge in [-0.2, -0.15) is 0 Å². The Hall–Kier alpha value is -0.730. The molecule has 1 saturated heterocycles. The Morgan fingerprint density at radius 2 is 2.00 bits per heavy atom. The fourth-order valence-electron chi connectivity index (χ4n) is 1.63. The summed E-state index contributed by atoms with van der Waals surface area (Å²) < 4.78 is 0. The first kappa shape index (κ1) is 9.36. The molecule has 0 spiro atoms. The van der Waals surface area contributed by atoms with Gasteiger partial charge in [0, 0.05) is 27.2 Å². The first-order valence-corrected chi connectivity index (χ1v) is 4.67. The van der Waals surface area contributed by atoms with Crippen LogP contribution in [0.2, 0.25) is 0 Å². The normalized spacial score (nSPS) is 21.2. The molecule has 0 atom stereocenters. The topological polar surface area (TPSA) is 27.6 Å². The second kappa shape index (κ2) is 4.33. The molecule has 3 heteroatoms. The van der Waals surface area contributed by atoms with Crippen molar-refractivity contribution in [3.05, 3.63) is 0 Å². The quantitative estimate of drug-likeness (QED) is 0.431. The van der Waals surface area contributed by atoms with Crippen LogP contribution in [0.15, 0.2) is 4.99 Å².